The Morgan fingerprint density at radius 1 is 1.20 bits per heavy atom. The standard InChI is InChI=1S/C14H20N2O4/c1-14(2,3)20-13(18)16(12(15)17)9-10-5-7-11(19-4)8-6-10/h5-8H,9H2,1-4H3,(H2,15,17). The van der Waals surface area contributed by atoms with E-state index in [1.54, 1.807) is 52.1 Å². The number of amides is 3. The minimum atomic E-state index is -0.852. The number of benzene rings is 1. The Labute approximate surface area is 118 Å². The zero-order valence-electron chi connectivity index (χ0n) is 12.2. The van der Waals surface area contributed by atoms with Crippen LogP contribution >= 0.6 is 0 Å². The number of primary amides is 1. The van der Waals surface area contributed by atoms with Crippen LogP contribution in [-0.4, -0.2) is 29.7 Å². The summed E-state index contributed by atoms with van der Waals surface area (Å²) in [5.41, 5.74) is 5.28. The maximum atomic E-state index is 11.9. The minimum Gasteiger partial charge on any atom is -0.497 e. The van der Waals surface area contributed by atoms with Crippen molar-refractivity contribution in [2.45, 2.75) is 32.9 Å². The lowest BCUT2D eigenvalue weighted by Crippen LogP contribution is -2.43. The van der Waals surface area contributed by atoms with Crippen LogP contribution in [0.4, 0.5) is 9.59 Å². The van der Waals surface area contributed by atoms with Gasteiger partial charge in [-0.05, 0) is 38.5 Å². The van der Waals surface area contributed by atoms with Crippen molar-refractivity contribution in [2.75, 3.05) is 7.11 Å². The number of nitrogens with zero attached hydrogens (tertiary/aromatic N) is 1. The van der Waals surface area contributed by atoms with Crippen LogP contribution in [-0.2, 0) is 11.3 Å². The van der Waals surface area contributed by atoms with E-state index in [-0.39, 0.29) is 6.54 Å². The summed E-state index contributed by atoms with van der Waals surface area (Å²) in [7, 11) is 1.56. The third-order valence-corrected chi connectivity index (χ3v) is 2.38. The molecule has 0 bridgehead atoms. The lowest BCUT2D eigenvalue weighted by atomic mass is 10.2. The third kappa shape index (κ3) is 4.79. The van der Waals surface area contributed by atoms with Gasteiger partial charge in [-0.2, -0.15) is 0 Å². The first kappa shape index (κ1) is 15.8. The average Bonchev–Trinajstić information content (AvgIpc) is 2.34. The van der Waals surface area contributed by atoms with Crippen LogP contribution in [0.3, 0.4) is 0 Å². The van der Waals surface area contributed by atoms with Gasteiger partial charge < -0.3 is 15.2 Å². The fourth-order valence-corrected chi connectivity index (χ4v) is 1.46. The van der Waals surface area contributed by atoms with Gasteiger partial charge in [0.25, 0.3) is 0 Å². The lowest BCUT2D eigenvalue weighted by Gasteiger charge is -2.25. The number of carbonyl (C=O) groups is 2. The monoisotopic (exact) mass is 280 g/mol. The molecule has 0 unspecified atom stereocenters. The normalized spacial score (nSPS) is 10.8. The van der Waals surface area contributed by atoms with E-state index in [2.05, 4.69) is 0 Å². The van der Waals surface area contributed by atoms with Gasteiger partial charge in [0.15, 0.2) is 0 Å². The predicted molar refractivity (Wildman–Crippen MR) is 74.4 cm³/mol. The highest BCUT2D eigenvalue weighted by molar-refractivity contribution is 5.90. The number of carbonyl (C=O) groups excluding carboxylic acids is 2. The molecule has 2 N–H and O–H groups in total. The van der Waals surface area contributed by atoms with Gasteiger partial charge in [-0.1, -0.05) is 12.1 Å². The Kier molecular flexibility index (Phi) is 4.96. The summed E-state index contributed by atoms with van der Waals surface area (Å²) in [5, 5.41) is 0. The fraction of sp³-hybridized carbons (Fsp3) is 0.429. The first-order chi connectivity index (χ1) is 9.23. The zero-order valence-corrected chi connectivity index (χ0v) is 12.2. The van der Waals surface area contributed by atoms with E-state index in [0.717, 1.165) is 10.5 Å². The van der Waals surface area contributed by atoms with Crippen molar-refractivity contribution >= 4 is 12.1 Å². The van der Waals surface area contributed by atoms with E-state index < -0.39 is 17.7 Å². The van der Waals surface area contributed by atoms with Crippen molar-refractivity contribution in [1.29, 1.82) is 0 Å². The number of rotatable bonds is 3. The number of ether oxygens (including phenoxy) is 2. The number of hydrogen-bond donors (Lipinski definition) is 1. The Bertz CT molecular complexity index is 477. The molecule has 1 aromatic carbocycles. The molecule has 6 heteroatoms. The largest absolute Gasteiger partial charge is 0.497 e. The summed E-state index contributed by atoms with van der Waals surface area (Å²) in [4.78, 5) is 24.1. The van der Waals surface area contributed by atoms with Crippen molar-refractivity contribution < 1.29 is 19.1 Å². The van der Waals surface area contributed by atoms with E-state index >= 15 is 0 Å². The second-order valence-electron chi connectivity index (χ2n) is 5.25. The smallest absolute Gasteiger partial charge is 0.418 e. The van der Waals surface area contributed by atoms with Crippen molar-refractivity contribution in [3.63, 3.8) is 0 Å². The molecule has 0 spiro atoms. The molecule has 0 heterocycles. The highest BCUT2D eigenvalue weighted by Gasteiger charge is 2.25. The maximum absolute atomic E-state index is 11.9. The SMILES string of the molecule is COc1ccc(CN(C(N)=O)C(=O)OC(C)(C)C)cc1. The first-order valence-corrected chi connectivity index (χ1v) is 6.16. The second-order valence-corrected chi connectivity index (χ2v) is 5.25. The zero-order chi connectivity index (χ0) is 15.3. The Hall–Kier alpha value is -2.24. The highest BCUT2D eigenvalue weighted by atomic mass is 16.6. The van der Waals surface area contributed by atoms with Gasteiger partial charge in [-0.3, -0.25) is 0 Å². The maximum Gasteiger partial charge on any atom is 0.418 e. The molecule has 0 saturated carbocycles. The van der Waals surface area contributed by atoms with Gasteiger partial charge >= 0.3 is 12.1 Å². The van der Waals surface area contributed by atoms with Crippen LogP contribution in [0.5, 0.6) is 5.75 Å². The van der Waals surface area contributed by atoms with Crippen molar-refractivity contribution in [1.82, 2.24) is 4.90 Å². The lowest BCUT2D eigenvalue weighted by molar-refractivity contribution is 0.0317. The van der Waals surface area contributed by atoms with Crippen LogP contribution in [0, 0.1) is 0 Å². The molecule has 0 aliphatic heterocycles. The Morgan fingerprint density at radius 3 is 2.15 bits per heavy atom. The molecule has 0 fully saturated rings. The molecular formula is C14H20N2O4. The van der Waals surface area contributed by atoms with Gasteiger partial charge in [0, 0.05) is 0 Å². The van der Waals surface area contributed by atoms with E-state index in [4.69, 9.17) is 15.2 Å². The van der Waals surface area contributed by atoms with Gasteiger partial charge in [-0.25, -0.2) is 14.5 Å². The van der Waals surface area contributed by atoms with Crippen molar-refractivity contribution in [3.8, 4) is 5.75 Å². The molecule has 6 nitrogen and oxygen atoms in total. The predicted octanol–water partition coefficient (Wildman–Crippen LogP) is 2.51. The summed E-state index contributed by atoms with van der Waals surface area (Å²) in [5.74, 6) is 0.691. The summed E-state index contributed by atoms with van der Waals surface area (Å²) < 4.78 is 10.2. The summed E-state index contributed by atoms with van der Waals surface area (Å²) >= 11 is 0. The average molecular weight is 280 g/mol. The van der Waals surface area contributed by atoms with E-state index in [1.165, 1.54) is 0 Å². The van der Waals surface area contributed by atoms with Gasteiger partial charge in [0.05, 0.1) is 13.7 Å². The van der Waals surface area contributed by atoms with E-state index in [9.17, 15) is 9.59 Å². The van der Waals surface area contributed by atoms with Gasteiger partial charge in [0.1, 0.15) is 11.4 Å². The van der Waals surface area contributed by atoms with Crippen molar-refractivity contribution in [3.05, 3.63) is 29.8 Å². The third-order valence-electron chi connectivity index (χ3n) is 2.38. The summed E-state index contributed by atoms with van der Waals surface area (Å²) in [6, 6.07) is 6.13. The highest BCUT2D eigenvalue weighted by Crippen LogP contribution is 2.15. The summed E-state index contributed by atoms with van der Waals surface area (Å²) in [6.45, 7) is 5.21. The van der Waals surface area contributed by atoms with Crippen LogP contribution < -0.4 is 10.5 Å². The Balaban J connectivity index is 2.81. The molecule has 0 aromatic heterocycles. The molecule has 1 rings (SSSR count). The topological polar surface area (TPSA) is 81.9 Å². The number of imide groups is 1. The number of methoxy groups -OCH3 is 1. The Morgan fingerprint density at radius 2 is 1.75 bits per heavy atom. The molecule has 0 aliphatic carbocycles. The molecule has 1 aromatic rings. The van der Waals surface area contributed by atoms with Gasteiger partial charge in [0.2, 0.25) is 0 Å². The molecular weight excluding hydrogens is 260 g/mol. The second kappa shape index (κ2) is 6.27. The molecule has 0 radical (unpaired) electrons. The van der Waals surface area contributed by atoms with E-state index in [0.29, 0.717) is 5.75 Å². The number of hydrogen-bond acceptors (Lipinski definition) is 4. The quantitative estimate of drug-likeness (QED) is 0.922. The van der Waals surface area contributed by atoms with Gasteiger partial charge in [-0.15, -0.1) is 0 Å². The fourth-order valence-electron chi connectivity index (χ4n) is 1.46. The van der Waals surface area contributed by atoms with Crippen LogP contribution in [0.1, 0.15) is 26.3 Å². The van der Waals surface area contributed by atoms with Crippen LogP contribution in [0.25, 0.3) is 0 Å². The molecule has 0 saturated heterocycles. The minimum absolute atomic E-state index is 0.0498. The van der Waals surface area contributed by atoms with Crippen LogP contribution in [0.2, 0.25) is 0 Å². The van der Waals surface area contributed by atoms with Crippen LogP contribution in [0.15, 0.2) is 24.3 Å². The van der Waals surface area contributed by atoms with Crippen molar-refractivity contribution in [2.24, 2.45) is 5.73 Å². The molecule has 0 aliphatic rings. The summed E-state index contributed by atoms with van der Waals surface area (Å²) in [6.07, 6.45) is -0.763. The molecule has 20 heavy (non-hydrogen) atoms. The molecule has 3 amide bonds. The first-order valence-electron chi connectivity index (χ1n) is 6.16. The molecule has 0 atom stereocenters. The van der Waals surface area contributed by atoms with E-state index in [1.807, 2.05) is 0 Å². The number of nitrogens with two attached hydrogens (primary N) is 1. The molecule has 110 valence electrons. The number of urea groups is 1.